The molecule has 1 aromatic carbocycles. The molecule has 0 saturated carbocycles. The second-order valence-electron chi connectivity index (χ2n) is 2.79. The van der Waals surface area contributed by atoms with Gasteiger partial charge in [0.25, 0.3) is 0 Å². The molecule has 0 unspecified atom stereocenters. The lowest BCUT2D eigenvalue weighted by Gasteiger charge is -1.91. The molecule has 1 nitrogen and oxygen atoms in total. The number of rotatable bonds is 3. The van der Waals surface area contributed by atoms with E-state index in [-0.39, 0.29) is 0 Å². The van der Waals surface area contributed by atoms with Crippen LogP contribution in [0.2, 0.25) is 0 Å². The largest absolute Gasteiger partial charge is 0.299 e. The highest BCUT2D eigenvalue weighted by molar-refractivity contribution is 5.68. The first-order valence-electron chi connectivity index (χ1n) is 4.18. The molecule has 0 spiro atoms. The van der Waals surface area contributed by atoms with E-state index in [1.54, 1.807) is 6.08 Å². The van der Waals surface area contributed by atoms with E-state index in [2.05, 4.69) is 0 Å². The molecule has 13 heavy (non-hydrogen) atoms. The molecule has 0 N–H and O–H groups in total. The Labute approximate surface area is 78.4 Å². The lowest BCUT2D eigenvalue weighted by Crippen LogP contribution is -1.71. The van der Waals surface area contributed by atoms with Gasteiger partial charge in [-0.3, -0.25) is 4.79 Å². The summed E-state index contributed by atoms with van der Waals surface area (Å²) in [5.41, 5.74) is 2.10. The fourth-order valence-corrected chi connectivity index (χ4v) is 0.955. The minimum atomic E-state index is 0.796. The number of hydrogen-bond donors (Lipinski definition) is 0. The topological polar surface area (TPSA) is 17.1 Å². The molecule has 0 aliphatic carbocycles. The van der Waals surface area contributed by atoms with E-state index < -0.39 is 0 Å². The maximum absolute atomic E-state index is 10.1. The van der Waals surface area contributed by atoms with E-state index in [0.29, 0.717) is 0 Å². The predicted octanol–water partition coefficient (Wildman–Crippen LogP) is 2.85. The van der Waals surface area contributed by atoms with E-state index in [4.69, 9.17) is 0 Å². The van der Waals surface area contributed by atoms with Gasteiger partial charge in [0.1, 0.15) is 6.29 Å². The van der Waals surface area contributed by atoms with Crippen LogP contribution in [0.3, 0.4) is 0 Å². The summed E-state index contributed by atoms with van der Waals surface area (Å²) >= 11 is 0. The molecule has 0 saturated heterocycles. The Morgan fingerprint density at radius 2 is 1.92 bits per heavy atom. The second kappa shape index (κ2) is 5.09. The van der Waals surface area contributed by atoms with Crippen molar-refractivity contribution in [2.24, 2.45) is 0 Å². The van der Waals surface area contributed by atoms with Crippen LogP contribution in [0.15, 0.2) is 48.1 Å². The van der Waals surface area contributed by atoms with Crippen LogP contribution in [-0.2, 0) is 4.79 Å². The minimum absolute atomic E-state index is 0.796. The molecular formula is C12H12O. The number of benzene rings is 1. The summed E-state index contributed by atoms with van der Waals surface area (Å²) in [5.74, 6) is 0. The number of carbonyl (C=O) groups excluding carboxylic acids is 1. The van der Waals surface area contributed by atoms with Gasteiger partial charge in [0.05, 0.1) is 0 Å². The lowest BCUT2D eigenvalue weighted by molar-refractivity contribution is -0.104. The Morgan fingerprint density at radius 1 is 1.23 bits per heavy atom. The van der Waals surface area contributed by atoms with Crippen molar-refractivity contribution in [3.63, 3.8) is 0 Å². The molecule has 0 aliphatic heterocycles. The molecule has 0 aromatic heterocycles. The molecule has 0 heterocycles. The van der Waals surface area contributed by atoms with Crippen LogP contribution in [0.25, 0.3) is 6.08 Å². The zero-order chi connectivity index (χ0) is 9.52. The second-order valence-corrected chi connectivity index (χ2v) is 2.79. The molecule has 1 rings (SSSR count). The fourth-order valence-electron chi connectivity index (χ4n) is 0.955. The summed E-state index contributed by atoms with van der Waals surface area (Å²) < 4.78 is 0. The Morgan fingerprint density at radius 3 is 2.54 bits per heavy atom. The van der Waals surface area contributed by atoms with Crippen molar-refractivity contribution in [2.45, 2.75) is 6.92 Å². The summed E-state index contributed by atoms with van der Waals surface area (Å²) in [6.07, 6.45) is 6.24. The summed E-state index contributed by atoms with van der Waals surface area (Å²) in [7, 11) is 0. The Hall–Kier alpha value is -1.63. The van der Waals surface area contributed by atoms with E-state index >= 15 is 0 Å². The third-order valence-electron chi connectivity index (χ3n) is 1.67. The van der Waals surface area contributed by atoms with Crippen molar-refractivity contribution in [1.82, 2.24) is 0 Å². The van der Waals surface area contributed by atoms with E-state index in [0.717, 1.165) is 17.4 Å². The zero-order valence-corrected chi connectivity index (χ0v) is 7.60. The van der Waals surface area contributed by atoms with Gasteiger partial charge in [-0.2, -0.15) is 0 Å². The predicted molar refractivity (Wildman–Crippen MR) is 55.3 cm³/mol. The summed E-state index contributed by atoms with van der Waals surface area (Å²) in [6, 6.07) is 9.98. The number of carbonyl (C=O) groups is 1. The summed E-state index contributed by atoms with van der Waals surface area (Å²) in [4.78, 5) is 10.1. The SMILES string of the molecule is CC(=C/C=O)/C=C/c1ccccc1. The molecule has 66 valence electrons. The Balaban J connectivity index is 2.69. The molecule has 1 heteroatoms. The number of hydrogen-bond acceptors (Lipinski definition) is 1. The Kier molecular flexibility index (Phi) is 3.71. The highest BCUT2D eigenvalue weighted by atomic mass is 16.1. The summed E-state index contributed by atoms with van der Waals surface area (Å²) in [5, 5.41) is 0. The third kappa shape index (κ3) is 3.52. The molecule has 0 fully saturated rings. The highest BCUT2D eigenvalue weighted by Gasteiger charge is 1.83. The molecule has 0 amide bonds. The smallest absolute Gasteiger partial charge is 0.143 e. The third-order valence-corrected chi connectivity index (χ3v) is 1.67. The van der Waals surface area contributed by atoms with E-state index in [9.17, 15) is 4.79 Å². The number of aldehydes is 1. The van der Waals surface area contributed by atoms with E-state index in [1.165, 1.54) is 0 Å². The molecule has 0 aliphatic rings. The van der Waals surface area contributed by atoms with Crippen LogP contribution in [0.4, 0.5) is 0 Å². The average Bonchev–Trinajstić information content (AvgIpc) is 2.17. The highest BCUT2D eigenvalue weighted by Crippen LogP contribution is 2.03. The van der Waals surface area contributed by atoms with Gasteiger partial charge in [0, 0.05) is 0 Å². The van der Waals surface area contributed by atoms with Crippen LogP contribution < -0.4 is 0 Å². The van der Waals surface area contributed by atoms with Crippen molar-refractivity contribution in [2.75, 3.05) is 0 Å². The molecule has 0 bridgehead atoms. The molecule has 0 radical (unpaired) electrons. The Bertz CT molecular complexity index is 320. The zero-order valence-electron chi connectivity index (χ0n) is 7.60. The van der Waals surface area contributed by atoms with Crippen molar-refractivity contribution in [3.8, 4) is 0 Å². The first-order valence-corrected chi connectivity index (χ1v) is 4.18. The van der Waals surface area contributed by atoms with Crippen molar-refractivity contribution < 1.29 is 4.79 Å². The van der Waals surface area contributed by atoms with Crippen molar-refractivity contribution >= 4 is 12.4 Å². The monoisotopic (exact) mass is 172 g/mol. The fraction of sp³-hybridized carbons (Fsp3) is 0.0833. The average molecular weight is 172 g/mol. The minimum Gasteiger partial charge on any atom is -0.299 e. The van der Waals surface area contributed by atoms with Crippen LogP contribution in [-0.4, -0.2) is 6.29 Å². The van der Waals surface area contributed by atoms with Gasteiger partial charge in [0.2, 0.25) is 0 Å². The van der Waals surface area contributed by atoms with Gasteiger partial charge in [0.15, 0.2) is 0 Å². The maximum Gasteiger partial charge on any atom is 0.143 e. The maximum atomic E-state index is 10.1. The molecular weight excluding hydrogens is 160 g/mol. The number of allylic oxidation sites excluding steroid dienone is 3. The lowest BCUT2D eigenvalue weighted by atomic mass is 10.2. The first kappa shape index (κ1) is 9.46. The van der Waals surface area contributed by atoms with Crippen molar-refractivity contribution in [1.29, 1.82) is 0 Å². The van der Waals surface area contributed by atoms with E-state index in [1.807, 2.05) is 49.4 Å². The first-order chi connectivity index (χ1) is 6.33. The van der Waals surface area contributed by atoms with Gasteiger partial charge >= 0.3 is 0 Å². The van der Waals surface area contributed by atoms with Crippen LogP contribution in [0, 0.1) is 0 Å². The van der Waals surface area contributed by atoms with Gasteiger partial charge in [-0.25, -0.2) is 0 Å². The van der Waals surface area contributed by atoms with Gasteiger partial charge in [-0.05, 0) is 24.1 Å². The van der Waals surface area contributed by atoms with Crippen LogP contribution in [0.1, 0.15) is 12.5 Å². The van der Waals surface area contributed by atoms with Crippen molar-refractivity contribution in [3.05, 3.63) is 53.6 Å². The quantitative estimate of drug-likeness (QED) is 0.389. The van der Waals surface area contributed by atoms with Gasteiger partial charge in [-0.1, -0.05) is 42.5 Å². The van der Waals surface area contributed by atoms with Crippen LogP contribution >= 0.6 is 0 Å². The molecule has 1 aromatic rings. The standard InChI is InChI=1S/C12H12O/c1-11(9-10-13)7-8-12-5-3-2-4-6-12/h2-10H,1H3/b8-7+,11-9-. The van der Waals surface area contributed by atoms with Gasteiger partial charge < -0.3 is 0 Å². The van der Waals surface area contributed by atoms with Gasteiger partial charge in [-0.15, -0.1) is 0 Å². The molecule has 0 atom stereocenters. The van der Waals surface area contributed by atoms with Crippen LogP contribution in [0.5, 0.6) is 0 Å². The summed E-state index contributed by atoms with van der Waals surface area (Å²) in [6.45, 7) is 1.90. The normalized spacial score (nSPS) is 11.9.